The summed E-state index contributed by atoms with van der Waals surface area (Å²) in [7, 11) is 0. The molecule has 2 rings (SSSR count). The Bertz CT molecular complexity index is 448. The van der Waals surface area contributed by atoms with E-state index in [9.17, 15) is 4.79 Å². The SMILES string of the molecule is CCN[C@H](C)CNC(=O)c1ccc2c(c1)OCCO2. The van der Waals surface area contributed by atoms with Gasteiger partial charge in [0, 0.05) is 18.2 Å². The van der Waals surface area contributed by atoms with Gasteiger partial charge < -0.3 is 20.1 Å². The van der Waals surface area contributed by atoms with Crippen LogP contribution in [0.3, 0.4) is 0 Å². The lowest BCUT2D eigenvalue weighted by molar-refractivity contribution is 0.0949. The summed E-state index contributed by atoms with van der Waals surface area (Å²) in [4.78, 5) is 12.0. The fourth-order valence-electron chi connectivity index (χ4n) is 1.95. The van der Waals surface area contributed by atoms with Gasteiger partial charge in [0.2, 0.25) is 0 Å². The van der Waals surface area contributed by atoms with Crippen molar-refractivity contribution in [3.05, 3.63) is 23.8 Å². The number of hydrogen-bond donors (Lipinski definition) is 2. The summed E-state index contributed by atoms with van der Waals surface area (Å²) < 4.78 is 10.9. The van der Waals surface area contributed by atoms with Crippen molar-refractivity contribution in [2.75, 3.05) is 26.3 Å². The third-order valence-electron chi connectivity index (χ3n) is 2.93. The molecule has 1 amide bonds. The zero-order valence-electron chi connectivity index (χ0n) is 11.4. The first-order chi connectivity index (χ1) is 9.20. The van der Waals surface area contributed by atoms with E-state index in [1.54, 1.807) is 18.2 Å². The Morgan fingerprint density at radius 1 is 1.32 bits per heavy atom. The predicted molar refractivity (Wildman–Crippen MR) is 72.9 cm³/mol. The van der Waals surface area contributed by atoms with E-state index in [4.69, 9.17) is 9.47 Å². The highest BCUT2D eigenvalue weighted by atomic mass is 16.6. The maximum atomic E-state index is 12.0. The Morgan fingerprint density at radius 3 is 2.79 bits per heavy atom. The van der Waals surface area contributed by atoms with Crippen LogP contribution < -0.4 is 20.1 Å². The number of hydrogen-bond acceptors (Lipinski definition) is 4. The van der Waals surface area contributed by atoms with E-state index in [1.165, 1.54) is 0 Å². The monoisotopic (exact) mass is 264 g/mol. The van der Waals surface area contributed by atoms with Crippen molar-refractivity contribution >= 4 is 5.91 Å². The van der Waals surface area contributed by atoms with Gasteiger partial charge in [0.05, 0.1) is 0 Å². The normalized spacial score (nSPS) is 14.8. The van der Waals surface area contributed by atoms with Crippen LogP contribution >= 0.6 is 0 Å². The number of likely N-dealkylation sites (N-methyl/N-ethyl adjacent to an activating group) is 1. The summed E-state index contributed by atoms with van der Waals surface area (Å²) in [6.45, 7) is 6.64. The second kappa shape index (κ2) is 6.43. The number of benzene rings is 1. The number of nitrogens with one attached hydrogen (secondary N) is 2. The third kappa shape index (κ3) is 3.61. The molecular weight excluding hydrogens is 244 g/mol. The third-order valence-corrected chi connectivity index (χ3v) is 2.93. The van der Waals surface area contributed by atoms with Crippen molar-refractivity contribution in [1.29, 1.82) is 0 Å². The maximum Gasteiger partial charge on any atom is 0.251 e. The quantitative estimate of drug-likeness (QED) is 0.838. The molecule has 0 aliphatic carbocycles. The number of ether oxygens (including phenoxy) is 2. The Hall–Kier alpha value is -1.75. The molecule has 0 saturated carbocycles. The van der Waals surface area contributed by atoms with Gasteiger partial charge in [-0.3, -0.25) is 4.79 Å². The minimum atomic E-state index is -0.0956. The van der Waals surface area contributed by atoms with Gasteiger partial charge in [-0.2, -0.15) is 0 Å². The molecule has 2 N–H and O–H groups in total. The highest BCUT2D eigenvalue weighted by molar-refractivity contribution is 5.94. The van der Waals surface area contributed by atoms with Gasteiger partial charge in [-0.05, 0) is 31.7 Å². The Labute approximate surface area is 113 Å². The van der Waals surface area contributed by atoms with E-state index < -0.39 is 0 Å². The molecule has 0 bridgehead atoms. The van der Waals surface area contributed by atoms with E-state index in [0.29, 0.717) is 36.8 Å². The number of fused-ring (bicyclic) bond motifs is 1. The molecular formula is C14H20N2O3. The van der Waals surface area contributed by atoms with Gasteiger partial charge in [-0.25, -0.2) is 0 Å². The minimum Gasteiger partial charge on any atom is -0.486 e. The first-order valence-electron chi connectivity index (χ1n) is 6.62. The van der Waals surface area contributed by atoms with E-state index in [0.717, 1.165) is 6.54 Å². The van der Waals surface area contributed by atoms with Crippen LogP contribution in [0.25, 0.3) is 0 Å². The van der Waals surface area contributed by atoms with E-state index >= 15 is 0 Å². The molecule has 1 aliphatic rings. The first-order valence-corrected chi connectivity index (χ1v) is 6.62. The largest absolute Gasteiger partial charge is 0.486 e. The molecule has 1 aromatic rings. The fourth-order valence-corrected chi connectivity index (χ4v) is 1.95. The van der Waals surface area contributed by atoms with Crippen LogP contribution in [0.5, 0.6) is 11.5 Å². The molecule has 0 saturated heterocycles. The average molecular weight is 264 g/mol. The lowest BCUT2D eigenvalue weighted by Crippen LogP contribution is -2.38. The van der Waals surface area contributed by atoms with Crippen LogP contribution in [0, 0.1) is 0 Å². The van der Waals surface area contributed by atoms with Crippen LogP contribution in [0.1, 0.15) is 24.2 Å². The fraction of sp³-hybridized carbons (Fsp3) is 0.500. The standard InChI is InChI=1S/C14H20N2O3/c1-3-15-10(2)9-16-14(17)11-4-5-12-13(8-11)19-7-6-18-12/h4-5,8,10,15H,3,6-7,9H2,1-2H3,(H,16,17)/t10-/m1/s1. The highest BCUT2D eigenvalue weighted by Crippen LogP contribution is 2.30. The van der Waals surface area contributed by atoms with Crippen LogP contribution in [-0.4, -0.2) is 38.3 Å². The van der Waals surface area contributed by atoms with Crippen molar-refractivity contribution in [2.45, 2.75) is 19.9 Å². The van der Waals surface area contributed by atoms with Crippen LogP contribution in [0.15, 0.2) is 18.2 Å². The lowest BCUT2D eigenvalue weighted by Gasteiger charge is -2.19. The molecule has 1 atom stereocenters. The van der Waals surface area contributed by atoms with Gasteiger partial charge in [0.25, 0.3) is 5.91 Å². The average Bonchev–Trinajstić information content (AvgIpc) is 2.44. The smallest absolute Gasteiger partial charge is 0.251 e. The van der Waals surface area contributed by atoms with E-state index in [1.807, 2.05) is 13.8 Å². The molecule has 1 aromatic carbocycles. The summed E-state index contributed by atoms with van der Waals surface area (Å²) in [6, 6.07) is 5.51. The number of rotatable bonds is 5. The van der Waals surface area contributed by atoms with Crippen molar-refractivity contribution in [2.24, 2.45) is 0 Å². The minimum absolute atomic E-state index is 0.0956. The van der Waals surface area contributed by atoms with Gasteiger partial charge in [-0.1, -0.05) is 6.92 Å². The molecule has 0 aromatic heterocycles. The van der Waals surface area contributed by atoms with Crippen LogP contribution in [0.4, 0.5) is 0 Å². The van der Waals surface area contributed by atoms with E-state index in [-0.39, 0.29) is 11.9 Å². The molecule has 0 radical (unpaired) electrons. The summed E-state index contributed by atoms with van der Waals surface area (Å²) in [6.07, 6.45) is 0. The summed E-state index contributed by atoms with van der Waals surface area (Å²) >= 11 is 0. The molecule has 1 heterocycles. The van der Waals surface area contributed by atoms with Gasteiger partial charge in [0.1, 0.15) is 13.2 Å². The van der Waals surface area contributed by atoms with Gasteiger partial charge in [-0.15, -0.1) is 0 Å². The molecule has 5 heteroatoms. The highest BCUT2D eigenvalue weighted by Gasteiger charge is 2.15. The van der Waals surface area contributed by atoms with Gasteiger partial charge in [0.15, 0.2) is 11.5 Å². The van der Waals surface area contributed by atoms with E-state index in [2.05, 4.69) is 10.6 Å². The van der Waals surface area contributed by atoms with Crippen LogP contribution in [0.2, 0.25) is 0 Å². The molecule has 0 spiro atoms. The lowest BCUT2D eigenvalue weighted by atomic mass is 10.1. The molecule has 5 nitrogen and oxygen atoms in total. The number of carbonyl (C=O) groups is 1. The zero-order valence-corrected chi connectivity index (χ0v) is 11.4. The molecule has 19 heavy (non-hydrogen) atoms. The zero-order chi connectivity index (χ0) is 13.7. The van der Waals surface area contributed by atoms with Crippen LogP contribution in [-0.2, 0) is 0 Å². The summed E-state index contributed by atoms with van der Waals surface area (Å²) in [5, 5.41) is 6.14. The number of amides is 1. The van der Waals surface area contributed by atoms with Crippen molar-refractivity contribution < 1.29 is 14.3 Å². The van der Waals surface area contributed by atoms with Gasteiger partial charge >= 0.3 is 0 Å². The molecule has 104 valence electrons. The van der Waals surface area contributed by atoms with Crippen molar-refractivity contribution in [3.63, 3.8) is 0 Å². The Morgan fingerprint density at radius 2 is 2.05 bits per heavy atom. The molecule has 0 fully saturated rings. The number of carbonyl (C=O) groups excluding carboxylic acids is 1. The first kappa shape index (κ1) is 13.7. The molecule has 1 aliphatic heterocycles. The Kier molecular flexibility index (Phi) is 4.63. The van der Waals surface area contributed by atoms with Crippen molar-refractivity contribution in [1.82, 2.24) is 10.6 Å². The Balaban J connectivity index is 1.95. The second-order valence-electron chi connectivity index (χ2n) is 4.53. The second-order valence-corrected chi connectivity index (χ2v) is 4.53. The molecule has 0 unspecified atom stereocenters. The van der Waals surface area contributed by atoms with Crippen molar-refractivity contribution in [3.8, 4) is 11.5 Å². The topological polar surface area (TPSA) is 59.6 Å². The maximum absolute atomic E-state index is 12.0. The summed E-state index contributed by atoms with van der Waals surface area (Å²) in [5.74, 6) is 1.24. The summed E-state index contributed by atoms with van der Waals surface area (Å²) in [5.41, 5.74) is 0.591. The predicted octanol–water partition coefficient (Wildman–Crippen LogP) is 1.19.